The molecule has 4 aliphatic carbocycles. The monoisotopic (exact) mass is 497 g/mol. The number of fused-ring (bicyclic) bond motifs is 1. The molecule has 1 aromatic carbocycles. The zero-order valence-electron chi connectivity index (χ0n) is 18.4. The molecule has 1 N–H and O–H groups in total. The molecule has 4 unspecified atom stereocenters. The third-order valence-corrected chi connectivity index (χ3v) is 9.67. The van der Waals surface area contributed by atoms with E-state index in [4.69, 9.17) is 16.9 Å². The minimum Gasteiger partial charge on any atom is -0.338 e. The smallest absolute Gasteiger partial charge is 0.338 e. The first-order valence-electron chi connectivity index (χ1n) is 11.6. The lowest BCUT2D eigenvalue weighted by atomic mass is 9.85. The number of benzene rings is 1. The second-order valence-corrected chi connectivity index (χ2v) is 11.0. The van der Waals surface area contributed by atoms with Crippen LogP contribution in [0, 0.1) is 33.5 Å². The lowest BCUT2D eigenvalue weighted by Crippen LogP contribution is -2.28. The van der Waals surface area contributed by atoms with E-state index in [-0.39, 0.29) is 11.5 Å². The molecule has 0 aliphatic heterocycles. The van der Waals surface area contributed by atoms with Crippen LogP contribution in [-0.4, -0.2) is 26.5 Å². The Morgan fingerprint density at radius 3 is 2.80 bits per heavy atom. The number of aromatic nitrogens is 3. The highest BCUT2D eigenvalue weighted by Gasteiger charge is 2.99. The molecule has 0 amide bonds. The van der Waals surface area contributed by atoms with Crippen LogP contribution in [0.1, 0.15) is 43.7 Å². The molecule has 4 aliphatic rings. The molecule has 2 aromatic heterocycles. The summed E-state index contributed by atoms with van der Waals surface area (Å²) < 4.78 is 42.1. The number of anilines is 2. The average molecular weight is 498 g/mol. The fourth-order valence-electron chi connectivity index (χ4n) is 8.13. The highest BCUT2D eigenvalue weighted by molar-refractivity contribution is 6.33. The van der Waals surface area contributed by atoms with Gasteiger partial charge in [-0.25, -0.2) is 9.97 Å². The second-order valence-electron chi connectivity index (χ2n) is 10.6. The van der Waals surface area contributed by atoms with Crippen LogP contribution < -0.4 is 5.32 Å². The van der Waals surface area contributed by atoms with E-state index in [1.54, 1.807) is 18.2 Å². The van der Waals surface area contributed by atoms with Gasteiger partial charge in [0.1, 0.15) is 17.8 Å². The summed E-state index contributed by atoms with van der Waals surface area (Å²) >= 11 is 6.32. The maximum absolute atomic E-state index is 13.4. The van der Waals surface area contributed by atoms with Crippen molar-refractivity contribution in [3.8, 4) is 6.07 Å². The number of halogens is 4. The van der Waals surface area contributed by atoms with Crippen molar-refractivity contribution in [3.63, 3.8) is 0 Å². The van der Waals surface area contributed by atoms with Crippen LogP contribution in [-0.2, 0) is 4.79 Å². The number of carbonyl (C=O) groups is 1. The topological polar surface area (TPSA) is 83.6 Å². The maximum atomic E-state index is 13.4. The Labute approximate surface area is 203 Å². The highest BCUT2D eigenvalue weighted by Crippen LogP contribution is 3.02. The Morgan fingerprint density at radius 1 is 1.23 bits per heavy atom. The van der Waals surface area contributed by atoms with Gasteiger partial charge in [0, 0.05) is 18.2 Å². The Kier molecular flexibility index (Phi) is 3.85. The summed E-state index contributed by atoms with van der Waals surface area (Å²) in [6.45, 7) is 0. The van der Waals surface area contributed by atoms with E-state index in [0.717, 1.165) is 24.6 Å². The molecule has 0 saturated heterocycles. The maximum Gasteiger partial charge on any atom is 0.450 e. The van der Waals surface area contributed by atoms with Gasteiger partial charge in [0.2, 0.25) is 5.78 Å². The molecule has 2 bridgehead atoms. The number of rotatable bonds is 4. The summed E-state index contributed by atoms with van der Waals surface area (Å²) in [7, 11) is 0. The van der Waals surface area contributed by atoms with Crippen molar-refractivity contribution in [2.75, 3.05) is 5.32 Å². The van der Waals surface area contributed by atoms with Crippen molar-refractivity contribution in [2.45, 2.75) is 44.3 Å². The van der Waals surface area contributed by atoms with Crippen molar-refractivity contribution in [3.05, 3.63) is 47.4 Å². The van der Waals surface area contributed by atoms with Crippen LogP contribution in [0.15, 0.2) is 36.8 Å². The zero-order chi connectivity index (χ0) is 24.4. The minimum absolute atomic E-state index is 0.0158. The number of hydrogen-bond acceptors (Lipinski definition) is 5. The SMILES string of the molecule is N#Cc1ccc(Nc2ncnc3c2ccn3[C@H]2CC34CCC5(C2)C(C(=O)C(F)(F)F)C35C4)c(Cl)c1. The Hall–Kier alpha value is -3.12. The second kappa shape index (κ2) is 6.35. The summed E-state index contributed by atoms with van der Waals surface area (Å²) in [5, 5.41) is 13.4. The molecule has 1 spiro atoms. The number of nitrogens with zero attached hydrogens (tertiary/aromatic N) is 4. The number of nitriles is 1. The number of hydrogen-bond donors (Lipinski definition) is 1. The minimum atomic E-state index is -4.77. The number of carbonyl (C=O) groups excluding carboxylic acids is 1. The van der Waals surface area contributed by atoms with Crippen molar-refractivity contribution in [1.29, 1.82) is 5.26 Å². The summed E-state index contributed by atoms with van der Waals surface area (Å²) in [6.07, 6.45) is 2.28. The molecule has 3 aromatic rings. The lowest BCUT2D eigenvalue weighted by molar-refractivity contribution is -0.174. The fourth-order valence-corrected chi connectivity index (χ4v) is 8.35. The largest absolute Gasteiger partial charge is 0.450 e. The summed E-state index contributed by atoms with van der Waals surface area (Å²) in [6, 6.07) is 8.86. The zero-order valence-corrected chi connectivity index (χ0v) is 19.1. The highest BCUT2D eigenvalue weighted by atomic mass is 35.5. The molecule has 2 heterocycles. The van der Waals surface area contributed by atoms with Gasteiger partial charge in [-0.15, -0.1) is 0 Å². The third kappa shape index (κ3) is 2.48. The van der Waals surface area contributed by atoms with Crippen LogP contribution in [0.25, 0.3) is 11.0 Å². The summed E-state index contributed by atoms with van der Waals surface area (Å²) in [5.74, 6) is -1.85. The molecule has 5 atom stereocenters. The summed E-state index contributed by atoms with van der Waals surface area (Å²) in [5.41, 5.74) is 0.646. The molecule has 6 nitrogen and oxygen atoms in total. The van der Waals surface area contributed by atoms with E-state index in [1.807, 2.05) is 22.9 Å². The van der Waals surface area contributed by atoms with Gasteiger partial charge in [0.05, 0.1) is 27.7 Å². The molecule has 178 valence electrons. The third-order valence-electron chi connectivity index (χ3n) is 9.36. The number of alkyl halides is 3. The average Bonchev–Trinajstić information content (AvgIpc) is 3.56. The fraction of sp³-hybridized carbons (Fsp3) is 0.440. The van der Waals surface area contributed by atoms with Crippen molar-refractivity contribution >= 4 is 39.9 Å². The van der Waals surface area contributed by atoms with E-state index in [9.17, 15) is 18.0 Å². The van der Waals surface area contributed by atoms with Crippen LogP contribution in [0.4, 0.5) is 24.7 Å². The molecule has 4 saturated carbocycles. The van der Waals surface area contributed by atoms with Gasteiger partial charge in [-0.1, -0.05) is 11.6 Å². The molecular formula is C25H19ClF3N5O. The van der Waals surface area contributed by atoms with Crippen LogP contribution >= 0.6 is 11.6 Å². The normalized spacial score (nSPS) is 34.1. The molecule has 0 radical (unpaired) electrons. The molecule has 7 rings (SSSR count). The molecule has 4 fully saturated rings. The Balaban J connectivity index is 1.22. The number of nitrogens with one attached hydrogen (secondary N) is 1. The number of ketones is 1. The predicted molar refractivity (Wildman–Crippen MR) is 121 cm³/mol. The first-order chi connectivity index (χ1) is 16.7. The van der Waals surface area contributed by atoms with E-state index in [1.165, 1.54) is 6.33 Å². The Morgan fingerprint density at radius 2 is 2.06 bits per heavy atom. The van der Waals surface area contributed by atoms with Gasteiger partial charge < -0.3 is 9.88 Å². The molecule has 35 heavy (non-hydrogen) atoms. The van der Waals surface area contributed by atoms with Gasteiger partial charge in [-0.2, -0.15) is 18.4 Å². The van der Waals surface area contributed by atoms with Crippen molar-refractivity contribution in [2.24, 2.45) is 22.2 Å². The lowest BCUT2D eigenvalue weighted by Gasteiger charge is -2.28. The standard InChI is InChI=1S/C25H19ClF3N5O/c26-16-7-13(10-30)1-2-17(16)33-20-15-3-6-34(21(15)32-12-31-20)14-8-22-4-5-23(9-14)18(24(22,23)11-22)19(35)25(27,28)29/h1-3,6-7,12,14,18H,4-5,8-9,11H2,(H,31,32,33)/t14-,18?,22?,23?,24?/m0/s1. The van der Waals surface area contributed by atoms with E-state index in [0.29, 0.717) is 40.6 Å². The Bertz CT molecular complexity index is 1490. The van der Waals surface area contributed by atoms with Crippen LogP contribution in [0.5, 0.6) is 0 Å². The van der Waals surface area contributed by atoms with Crippen LogP contribution in [0.3, 0.4) is 0 Å². The van der Waals surface area contributed by atoms with Crippen LogP contribution in [0.2, 0.25) is 5.02 Å². The van der Waals surface area contributed by atoms with E-state index < -0.39 is 28.7 Å². The van der Waals surface area contributed by atoms with Gasteiger partial charge in [-0.3, -0.25) is 4.79 Å². The van der Waals surface area contributed by atoms with Gasteiger partial charge in [0.15, 0.2) is 0 Å². The number of Topliss-reactive ketones (excluding diaryl/α,β-unsaturated/α-hetero) is 1. The van der Waals surface area contributed by atoms with E-state index >= 15 is 0 Å². The van der Waals surface area contributed by atoms with Crippen molar-refractivity contribution in [1.82, 2.24) is 14.5 Å². The predicted octanol–water partition coefficient (Wildman–Crippen LogP) is 5.95. The van der Waals surface area contributed by atoms with Gasteiger partial charge >= 0.3 is 6.18 Å². The molecule has 10 heteroatoms. The van der Waals surface area contributed by atoms with Gasteiger partial charge in [-0.05, 0) is 72.6 Å². The first-order valence-corrected chi connectivity index (χ1v) is 11.9. The first kappa shape index (κ1) is 21.2. The molecular weight excluding hydrogens is 479 g/mol. The summed E-state index contributed by atoms with van der Waals surface area (Å²) in [4.78, 5) is 21.2. The van der Waals surface area contributed by atoms with Gasteiger partial charge in [0.25, 0.3) is 0 Å². The van der Waals surface area contributed by atoms with Crippen molar-refractivity contribution < 1.29 is 18.0 Å². The quantitative estimate of drug-likeness (QED) is 0.481. The van der Waals surface area contributed by atoms with E-state index in [2.05, 4.69) is 15.3 Å².